The van der Waals surface area contributed by atoms with Crippen LogP contribution >= 0.6 is 11.6 Å². The molecule has 1 aromatic heterocycles. The molecule has 0 radical (unpaired) electrons. The second kappa shape index (κ2) is 9.00. The van der Waals surface area contributed by atoms with Gasteiger partial charge in [-0.15, -0.1) is 0 Å². The maximum atomic E-state index is 13.2. The summed E-state index contributed by atoms with van der Waals surface area (Å²) in [5.41, 5.74) is -0.882. The van der Waals surface area contributed by atoms with Gasteiger partial charge in [-0.05, 0) is 18.9 Å². The van der Waals surface area contributed by atoms with Gasteiger partial charge in [-0.25, -0.2) is 0 Å². The number of non-ortho nitro benzene ring substituents is 1. The second-order valence-corrected chi connectivity index (χ2v) is 7.45. The zero-order valence-corrected chi connectivity index (χ0v) is 16.3. The average Bonchev–Trinajstić information content (AvgIpc) is 2.71. The Morgan fingerprint density at radius 2 is 1.90 bits per heavy atom. The molecule has 0 bridgehead atoms. The van der Waals surface area contributed by atoms with Crippen molar-refractivity contribution in [1.29, 1.82) is 0 Å². The fourth-order valence-corrected chi connectivity index (χ4v) is 3.68. The van der Waals surface area contributed by atoms with Crippen molar-refractivity contribution in [2.24, 2.45) is 0 Å². The largest absolute Gasteiger partial charge is 0.351 e. The van der Waals surface area contributed by atoms with Crippen molar-refractivity contribution in [2.45, 2.75) is 44.2 Å². The van der Waals surface area contributed by atoms with Crippen LogP contribution in [-0.2, 0) is 4.79 Å². The Labute approximate surface area is 171 Å². The maximum Gasteiger partial charge on any atom is 0.270 e. The molecule has 0 spiro atoms. The van der Waals surface area contributed by atoms with Crippen LogP contribution in [0.2, 0.25) is 5.02 Å². The lowest BCUT2D eigenvalue weighted by atomic mass is 9.94. The number of halogens is 1. The van der Waals surface area contributed by atoms with Crippen LogP contribution in [0.15, 0.2) is 47.4 Å². The van der Waals surface area contributed by atoms with Crippen molar-refractivity contribution < 1.29 is 14.5 Å². The third-order valence-electron chi connectivity index (χ3n) is 4.97. The van der Waals surface area contributed by atoms with Gasteiger partial charge in [0, 0.05) is 36.0 Å². The minimum atomic E-state index is -1.51. The quantitative estimate of drug-likeness (QED) is 0.335. The fourth-order valence-electron chi connectivity index (χ4n) is 3.51. The Kier molecular flexibility index (Phi) is 6.43. The number of carbonyl (C=O) groups is 2. The monoisotopic (exact) mass is 417 g/mol. The molecule has 1 N–H and O–H groups in total. The summed E-state index contributed by atoms with van der Waals surface area (Å²) in [5.74, 6) is -1.34. The lowest BCUT2D eigenvalue weighted by Crippen LogP contribution is -2.45. The highest BCUT2D eigenvalue weighted by atomic mass is 35.5. The first-order chi connectivity index (χ1) is 13.9. The molecule has 2 aromatic rings. The Morgan fingerprint density at radius 3 is 2.59 bits per heavy atom. The van der Waals surface area contributed by atoms with E-state index < -0.39 is 28.2 Å². The van der Waals surface area contributed by atoms with Crippen molar-refractivity contribution in [1.82, 2.24) is 9.88 Å². The Balaban J connectivity index is 2.00. The number of carbonyl (C=O) groups excluding carboxylic acids is 2. The van der Waals surface area contributed by atoms with Crippen molar-refractivity contribution in [2.75, 3.05) is 0 Å². The third-order valence-corrected chi connectivity index (χ3v) is 5.19. The van der Waals surface area contributed by atoms with Crippen LogP contribution in [0.4, 0.5) is 5.69 Å². The number of nitro groups is 1. The topological polar surface area (TPSA) is 111 Å². The van der Waals surface area contributed by atoms with E-state index in [1.165, 1.54) is 36.5 Å². The number of pyridine rings is 1. The molecule has 1 amide bonds. The van der Waals surface area contributed by atoms with Gasteiger partial charge in [-0.1, -0.05) is 43.0 Å². The predicted octanol–water partition coefficient (Wildman–Crippen LogP) is 3.28. The van der Waals surface area contributed by atoms with E-state index in [4.69, 9.17) is 11.6 Å². The molecule has 0 saturated heterocycles. The highest BCUT2D eigenvalue weighted by molar-refractivity contribution is 6.30. The summed E-state index contributed by atoms with van der Waals surface area (Å²) in [6, 6.07) is 6.04. The predicted molar refractivity (Wildman–Crippen MR) is 107 cm³/mol. The smallest absolute Gasteiger partial charge is 0.270 e. The molecule has 1 saturated carbocycles. The molecular weight excluding hydrogens is 398 g/mol. The van der Waals surface area contributed by atoms with E-state index in [1.54, 1.807) is 0 Å². The molecule has 9 heteroatoms. The Bertz CT molecular complexity index is 998. The number of ketones is 1. The lowest BCUT2D eigenvalue weighted by Gasteiger charge is -2.26. The number of rotatable bonds is 6. The van der Waals surface area contributed by atoms with Gasteiger partial charge in [-0.2, -0.15) is 0 Å². The number of nitrogens with zero attached hydrogens (tertiary/aromatic N) is 2. The molecule has 0 aliphatic heterocycles. The summed E-state index contributed by atoms with van der Waals surface area (Å²) in [6.07, 6.45) is 5.87. The first kappa shape index (κ1) is 20.7. The van der Waals surface area contributed by atoms with Crippen molar-refractivity contribution in [3.05, 3.63) is 73.6 Å². The second-order valence-electron chi connectivity index (χ2n) is 7.01. The number of nitro benzene ring substituents is 1. The standard InChI is InChI=1S/C20H20ClN3O5/c21-14-9-10-17(25)23(12-14)18(20(27)22-15-6-2-1-3-7-15)19(26)13-5-4-8-16(11-13)24(28)29/h4-5,8-12,15,18H,1-3,6-7H2,(H,22,27)/t18-/m1/s1. The summed E-state index contributed by atoms with van der Waals surface area (Å²) in [4.78, 5) is 49.0. The van der Waals surface area contributed by atoms with Gasteiger partial charge < -0.3 is 5.32 Å². The maximum absolute atomic E-state index is 13.2. The number of hydrogen-bond donors (Lipinski definition) is 1. The van der Waals surface area contributed by atoms with Crippen molar-refractivity contribution >= 4 is 29.0 Å². The first-order valence-electron chi connectivity index (χ1n) is 9.33. The molecule has 152 valence electrons. The van der Waals surface area contributed by atoms with Crippen LogP contribution in [0.25, 0.3) is 0 Å². The van der Waals surface area contributed by atoms with E-state index in [-0.39, 0.29) is 22.3 Å². The molecule has 8 nitrogen and oxygen atoms in total. The zero-order chi connectivity index (χ0) is 21.0. The van der Waals surface area contributed by atoms with E-state index in [1.807, 2.05) is 0 Å². The molecule has 1 heterocycles. The third kappa shape index (κ3) is 4.89. The van der Waals surface area contributed by atoms with Crippen LogP contribution in [0.5, 0.6) is 0 Å². The van der Waals surface area contributed by atoms with Crippen LogP contribution in [0.1, 0.15) is 48.5 Å². The molecule has 0 unspecified atom stereocenters. The highest BCUT2D eigenvalue weighted by Crippen LogP contribution is 2.22. The lowest BCUT2D eigenvalue weighted by molar-refractivity contribution is -0.384. The van der Waals surface area contributed by atoms with E-state index >= 15 is 0 Å². The Morgan fingerprint density at radius 1 is 1.17 bits per heavy atom. The number of benzene rings is 1. The molecule has 1 aliphatic carbocycles. The van der Waals surface area contributed by atoms with E-state index in [9.17, 15) is 24.5 Å². The van der Waals surface area contributed by atoms with Crippen molar-refractivity contribution in [3.8, 4) is 0 Å². The summed E-state index contributed by atoms with van der Waals surface area (Å²) in [7, 11) is 0. The SMILES string of the molecule is O=C(NC1CCCCC1)[C@@H](C(=O)c1cccc([N+](=O)[O-])c1)n1cc(Cl)ccc1=O. The summed E-state index contributed by atoms with van der Waals surface area (Å²) < 4.78 is 0.974. The average molecular weight is 418 g/mol. The van der Waals surface area contributed by atoms with Gasteiger partial charge in [0.1, 0.15) is 0 Å². The summed E-state index contributed by atoms with van der Waals surface area (Å²) in [6.45, 7) is 0. The molecule has 1 atom stereocenters. The normalized spacial score (nSPS) is 15.5. The van der Waals surface area contributed by atoms with E-state index in [0.717, 1.165) is 42.7 Å². The fraction of sp³-hybridized carbons (Fsp3) is 0.350. The zero-order valence-electron chi connectivity index (χ0n) is 15.5. The number of nitrogens with one attached hydrogen (secondary N) is 1. The number of amides is 1. The molecule has 1 aromatic carbocycles. The van der Waals surface area contributed by atoms with Crippen molar-refractivity contribution in [3.63, 3.8) is 0 Å². The van der Waals surface area contributed by atoms with E-state index in [0.29, 0.717) is 0 Å². The van der Waals surface area contributed by atoms with Gasteiger partial charge in [-0.3, -0.25) is 29.1 Å². The van der Waals surface area contributed by atoms with E-state index in [2.05, 4.69) is 5.32 Å². The number of aromatic nitrogens is 1. The van der Waals surface area contributed by atoms with Gasteiger partial charge in [0.05, 0.1) is 9.95 Å². The summed E-state index contributed by atoms with van der Waals surface area (Å²) >= 11 is 5.98. The molecule has 3 rings (SSSR count). The molecule has 1 aliphatic rings. The van der Waals surface area contributed by atoms with Crippen LogP contribution in [0.3, 0.4) is 0 Å². The Hall–Kier alpha value is -3.00. The molecule has 1 fully saturated rings. The number of hydrogen-bond acceptors (Lipinski definition) is 5. The minimum Gasteiger partial charge on any atom is -0.351 e. The molecular formula is C20H20ClN3O5. The van der Waals surface area contributed by atoms with Gasteiger partial charge in [0.15, 0.2) is 11.8 Å². The molecule has 29 heavy (non-hydrogen) atoms. The van der Waals surface area contributed by atoms with Gasteiger partial charge in [0.2, 0.25) is 0 Å². The minimum absolute atomic E-state index is 0.0325. The van der Waals surface area contributed by atoms with Gasteiger partial charge >= 0.3 is 0 Å². The van der Waals surface area contributed by atoms with Crippen LogP contribution in [0, 0.1) is 10.1 Å². The van der Waals surface area contributed by atoms with Gasteiger partial charge in [0.25, 0.3) is 17.2 Å². The summed E-state index contributed by atoms with van der Waals surface area (Å²) in [5, 5.41) is 14.1. The highest BCUT2D eigenvalue weighted by Gasteiger charge is 2.32. The van der Waals surface area contributed by atoms with Crippen LogP contribution in [-0.4, -0.2) is 27.2 Å². The first-order valence-corrected chi connectivity index (χ1v) is 9.71. The number of Topliss-reactive ketones (excluding diaryl/α,β-unsaturated/α-hetero) is 1. The van der Waals surface area contributed by atoms with Crippen LogP contribution < -0.4 is 10.9 Å².